The van der Waals surface area contributed by atoms with E-state index in [0.29, 0.717) is 18.4 Å². The van der Waals surface area contributed by atoms with Crippen LogP contribution in [0, 0.1) is 0 Å². The molecule has 1 aromatic carbocycles. The van der Waals surface area contributed by atoms with Crippen molar-refractivity contribution in [2.24, 2.45) is 0 Å². The summed E-state index contributed by atoms with van der Waals surface area (Å²) in [4.78, 5) is 4.05. The first kappa shape index (κ1) is 16.3. The summed E-state index contributed by atoms with van der Waals surface area (Å²) in [5.41, 5.74) is 1.20. The van der Waals surface area contributed by atoms with E-state index in [2.05, 4.69) is 22.4 Å². The molecule has 2 aromatic rings. The molecule has 3 rings (SSSR count). The molecular formula is C19H25NO2S. The molecule has 2 heterocycles. The Balaban J connectivity index is 1.79. The fraction of sp³-hybridized carbons (Fsp3) is 0.474. The number of phenolic OH excluding ortho intramolecular Hbond substituents is 1. The Morgan fingerprint density at radius 1 is 1.26 bits per heavy atom. The van der Waals surface area contributed by atoms with Gasteiger partial charge in [0, 0.05) is 17.5 Å². The molecule has 1 N–H and O–H groups in total. The van der Waals surface area contributed by atoms with Crippen molar-refractivity contribution in [2.75, 3.05) is 13.2 Å². The maximum absolute atomic E-state index is 9.88. The van der Waals surface area contributed by atoms with Crippen LogP contribution in [0.2, 0.25) is 0 Å². The van der Waals surface area contributed by atoms with Crippen LogP contribution in [0.15, 0.2) is 35.7 Å². The van der Waals surface area contributed by atoms with E-state index >= 15 is 0 Å². The number of likely N-dealkylation sites (tertiary alicyclic amines) is 1. The van der Waals surface area contributed by atoms with Crippen molar-refractivity contribution in [1.29, 1.82) is 0 Å². The van der Waals surface area contributed by atoms with Gasteiger partial charge in [0.2, 0.25) is 0 Å². The first-order valence-corrected chi connectivity index (χ1v) is 9.38. The molecular weight excluding hydrogens is 306 g/mol. The Morgan fingerprint density at radius 3 is 2.96 bits per heavy atom. The second-order valence-corrected chi connectivity index (χ2v) is 7.07. The third-order valence-corrected chi connectivity index (χ3v) is 5.42. The van der Waals surface area contributed by atoms with Crippen molar-refractivity contribution in [3.63, 3.8) is 0 Å². The highest BCUT2D eigenvalue weighted by Gasteiger charge is 2.23. The summed E-state index contributed by atoms with van der Waals surface area (Å²) in [6, 6.07) is 10.7. The highest BCUT2D eigenvalue weighted by Crippen LogP contribution is 2.35. The summed E-state index contributed by atoms with van der Waals surface area (Å²) in [7, 11) is 0. The van der Waals surface area contributed by atoms with Gasteiger partial charge in [0.1, 0.15) is 0 Å². The van der Waals surface area contributed by atoms with Gasteiger partial charge in [-0.1, -0.05) is 25.0 Å². The molecule has 0 bridgehead atoms. The van der Waals surface area contributed by atoms with Crippen LogP contribution in [-0.4, -0.2) is 23.2 Å². The Kier molecular flexibility index (Phi) is 5.57. The minimum absolute atomic E-state index is 0.223. The lowest BCUT2D eigenvalue weighted by Gasteiger charge is -2.29. The fourth-order valence-corrected chi connectivity index (χ4v) is 4.22. The molecule has 0 radical (unpaired) electrons. The number of aromatic hydroxyl groups is 1. The predicted molar refractivity (Wildman–Crippen MR) is 95.2 cm³/mol. The first-order valence-electron chi connectivity index (χ1n) is 8.50. The van der Waals surface area contributed by atoms with Gasteiger partial charge in [0.15, 0.2) is 11.5 Å². The lowest BCUT2D eigenvalue weighted by Crippen LogP contribution is -2.27. The zero-order valence-electron chi connectivity index (χ0n) is 13.7. The third kappa shape index (κ3) is 4.06. The van der Waals surface area contributed by atoms with Crippen LogP contribution in [-0.2, 0) is 6.54 Å². The molecule has 0 aliphatic carbocycles. The van der Waals surface area contributed by atoms with Gasteiger partial charge in [-0.25, -0.2) is 0 Å². The van der Waals surface area contributed by atoms with Gasteiger partial charge in [0.05, 0.1) is 6.61 Å². The molecule has 0 amide bonds. The molecule has 1 unspecified atom stereocenters. The smallest absolute Gasteiger partial charge is 0.161 e. The van der Waals surface area contributed by atoms with Gasteiger partial charge < -0.3 is 9.84 Å². The van der Waals surface area contributed by atoms with Crippen LogP contribution in [0.1, 0.15) is 49.1 Å². The lowest BCUT2D eigenvalue weighted by molar-refractivity contribution is 0.195. The van der Waals surface area contributed by atoms with Crippen LogP contribution in [0.25, 0.3) is 0 Å². The maximum atomic E-state index is 9.88. The summed E-state index contributed by atoms with van der Waals surface area (Å²) >= 11 is 1.86. The van der Waals surface area contributed by atoms with Crippen LogP contribution < -0.4 is 4.74 Å². The van der Waals surface area contributed by atoms with Gasteiger partial charge in [-0.05, 0) is 55.5 Å². The second kappa shape index (κ2) is 7.84. The largest absolute Gasteiger partial charge is 0.504 e. The standard InChI is InChI=1S/C19H25NO2S/c1-2-22-18-13-15(9-10-17(18)21)14-20-11-5-3-4-7-16(20)19-8-6-12-23-19/h6,8-10,12-13,16,21H,2-5,7,11,14H2,1H3. The van der Waals surface area contributed by atoms with Crippen LogP contribution in [0.5, 0.6) is 11.5 Å². The number of hydrogen-bond donors (Lipinski definition) is 1. The van der Waals surface area contributed by atoms with Gasteiger partial charge in [-0.3, -0.25) is 4.90 Å². The van der Waals surface area contributed by atoms with E-state index in [-0.39, 0.29) is 5.75 Å². The van der Waals surface area contributed by atoms with Crippen molar-refractivity contribution >= 4 is 11.3 Å². The Labute approximate surface area is 142 Å². The van der Waals surface area contributed by atoms with Crippen molar-refractivity contribution < 1.29 is 9.84 Å². The number of nitrogens with zero attached hydrogens (tertiary/aromatic N) is 1. The maximum Gasteiger partial charge on any atom is 0.161 e. The molecule has 23 heavy (non-hydrogen) atoms. The van der Waals surface area contributed by atoms with Crippen molar-refractivity contribution in [3.8, 4) is 11.5 Å². The topological polar surface area (TPSA) is 32.7 Å². The predicted octanol–water partition coefficient (Wildman–Crippen LogP) is 4.97. The highest BCUT2D eigenvalue weighted by atomic mass is 32.1. The molecule has 0 spiro atoms. The number of hydrogen-bond acceptors (Lipinski definition) is 4. The fourth-order valence-electron chi connectivity index (χ4n) is 3.32. The van der Waals surface area contributed by atoms with E-state index in [0.717, 1.165) is 13.1 Å². The monoisotopic (exact) mass is 331 g/mol. The molecule has 1 atom stereocenters. The first-order chi connectivity index (χ1) is 11.3. The summed E-state index contributed by atoms with van der Waals surface area (Å²) < 4.78 is 5.52. The van der Waals surface area contributed by atoms with Crippen molar-refractivity contribution in [3.05, 3.63) is 46.2 Å². The minimum atomic E-state index is 0.223. The van der Waals surface area contributed by atoms with Crippen molar-refractivity contribution in [2.45, 2.75) is 45.2 Å². The SMILES string of the molecule is CCOc1cc(CN2CCCCCC2c2cccs2)ccc1O. The second-order valence-electron chi connectivity index (χ2n) is 6.09. The molecule has 1 aliphatic rings. The van der Waals surface area contributed by atoms with Gasteiger partial charge in [-0.2, -0.15) is 0 Å². The average molecular weight is 331 g/mol. The molecule has 0 saturated carbocycles. The molecule has 3 nitrogen and oxygen atoms in total. The molecule has 124 valence electrons. The Morgan fingerprint density at radius 2 is 2.17 bits per heavy atom. The third-order valence-electron chi connectivity index (χ3n) is 4.44. The van der Waals surface area contributed by atoms with Gasteiger partial charge in [-0.15, -0.1) is 11.3 Å². The molecule has 1 aliphatic heterocycles. The Bertz CT molecular complexity index is 612. The van der Waals surface area contributed by atoms with E-state index in [1.165, 1.54) is 36.1 Å². The quantitative estimate of drug-likeness (QED) is 0.839. The van der Waals surface area contributed by atoms with Crippen LogP contribution >= 0.6 is 11.3 Å². The van der Waals surface area contributed by atoms with E-state index in [9.17, 15) is 5.11 Å². The van der Waals surface area contributed by atoms with Gasteiger partial charge in [0.25, 0.3) is 0 Å². The molecule has 1 aromatic heterocycles. The number of rotatable bonds is 5. The van der Waals surface area contributed by atoms with Gasteiger partial charge >= 0.3 is 0 Å². The van der Waals surface area contributed by atoms with E-state index < -0.39 is 0 Å². The lowest BCUT2D eigenvalue weighted by atomic mass is 10.1. The zero-order chi connectivity index (χ0) is 16.1. The van der Waals surface area contributed by atoms with E-state index in [1.54, 1.807) is 6.07 Å². The number of thiophene rings is 1. The Hall–Kier alpha value is -1.52. The number of phenols is 1. The average Bonchev–Trinajstić information content (AvgIpc) is 2.98. The normalized spacial score (nSPS) is 19.4. The summed E-state index contributed by atoms with van der Waals surface area (Å²) in [6.07, 6.45) is 5.12. The van der Waals surface area contributed by atoms with Crippen molar-refractivity contribution in [1.82, 2.24) is 4.90 Å². The minimum Gasteiger partial charge on any atom is -0.504 e. The zero-order valence-corrected chi connectivity index (χ0v) is 14.5. The molecule has 1 fully saturated rings. The number of ether oxygens (including phenoxy) is 1. The summed E-state index contributed by atoms with van der Waals surface area (Å²) in [5, 5.41) is 12.1. The van der Waals surface area contributed by atoms with Crippen LogP contribution in [0.4, 0.5) is 0 Å². The number of benzene rings is 1. The van der Waals surface area contributed by atoms with Crippen LogP contribution in [0.3, 0.4) is 0 Å². The summed E-state index contributed by atoms with van der Waals surface area (Å²) in [6.45, 7) is 4.54. The van der Waals surface area contributed by atoms with E-state index in [4.69, 9.17) is 4.74 Å². The molecule has 4 heteroatoms. The summed E-state index contributed by atoms with van der Waals surface area (Å²) in [5.74, 6) is 0.814. The highest BCUT2D eigenvalue weighted by molar-refractivity contribution is 7.10. The molecule has 1 saturated heterocycles. The van der Waals surface area contributed by atoms with E-state index in [1.807, 2.05) is 30.4 Å².